The highest BCUT2D eigenvalue weighted by atomic mass is 19.4. The maximum Gasteiger partial charge on any atom is 0.435 e. The van der Waals surface area contributed by atoms with Crippen molar-refractivity contribution in [2.75, 3.05) is 20.3 Å². The number of aryl methyl sites for hydroxylation is 1. The monoisotopic (exact) mass is 315 g/mol. The largest absolute Gasteiger partial charge is 0.435 e. The quantitative estimate of drug-likeness (QED) is 0.862. The molecule has 1 amide bonds. The van der Waals surface area contributed by atoms with Gasteiger partial charge in [0.15, 0.2) is 5.69 Å². The zero-order valence-electron chi connectivity index (χ0n) is 12.2. The number of aromatic nitrogens is 2. The van der Waals surface area contributed by atoms with Crippen LogP contribution in [0.15, 0.2) is 18.3 Å². The lowest BCUT2D eigenvalue weighted by atomic mass is 10.2. The van der Waals surface area contributed by atoms with Gasteiger partial charge in [-0.05, 0) is 25.0 Å². The first-order valence-electron chi connectivity index (χ1n) is 6.67. The van der Waals surface area contributed by atoms with E-state index in [1.165, 1.54) is 23.8 Å². The molecule has 0 atom stereocenters. The fourth-order valence-electron chi connectivity index (χ4n) is 2.07. The Morgan fingerprint density at radius 2 is 2.14 bits per heavy atom. The van der Waals surface area contributed by atoms with Gasteiger partial charge in [-0.2, -0.15) is 13.2 Å². The van der Waals surface area contributed by atoms with Crippen LogP contribution in [0, 0.1) is 6.92 Å². The van der Waals surface area contributed by atoms with Gasteiger partial charge in [0, 0.05) is 26.5 Å². The predicted octanol–water partition coefficient (Wildman–Crippen LogP) is 2.43. The minimum atomic E-state index is -4.70. The van der Waals surface area contributed by atoms with Crippen molar-refractivity contribution in [2.24, 2.45) is 0 Å². The number of carbonyl (C=O) groups is 1. The van der Waals surface area contributed by atoms with Crippen LogP contribution >= 0.6 is 0 Å². The van der Waals surface area contributed by atoms with Crippen molar-refractivity contribution in [1.29, 1.82) is 0 Å². The molecule has 0 aromatic carbocycles. The molecule has 0 aliphatic carbocycles. The Balaban J connectivity index is 2.40. The molecule has 0 fully saturated rings. The molecular weight excluding hydrogens is 299 g/mol. The van der Waals surface area contributed by atoms with Gasteiger partial charge < -0.3 is 10.1 Å². The van der Waals surface area contributed by atoms with E-state index in [2.05, 4.69) is 10.3 Å². The molecule has 1 N–H and O–H groups in total. The summed E-state index contributed by atoms with van der Waals surface area (Å²) in [5, 5.41) is 2.46. The summed E-state index contributed by atoms with van der Waals surface area (Å²) in [4.78, 5) is 15.7. The Kier molecular flexibility index (Phi) is 4.70. The number of fused-ring (bicyclic) bond motifs is 1. The van der Waals surface area contributed by atoms with Crippen LogP contribution in [0.1, 0.15) is 28.2 Å². The maximum atomic E-state index is 13.1. The van der Waals surface area contributed by atoms with Gasteiger partial charge in [0.25, 0.3) is 5.91 Å². The summed E-state index contributed by atoms with van der Waals surface area (Å²) in [7, 11) is 1.51. The van der Waals surface area contributed by atoms with Crippen LogP contribution < -0.4 is 5.32 Å². The van der Waals surface area contributed by atoms with Gasteiger partial charge in [0.05, 0.1) is 0 Å². The van der Waals surface area contributed by atoms with Gasteiger partial charge in [-0.1, -0.05) is 6.07 Å². The molecular formula is C14H16F3N3O2. The predicted molar refractivity (Wildman–Crippen MR) is 73.8 cm³/mol. The molecule has 2 heterocycles. The van der Waals surface area contributed by atoms with E-state index < -0.39 is 23.5 Å². The van der Waals surface area contributed by atoms with Crippen LogP contribution in [0.3, 0.4) is 0 Å². The molecule has 0 aliphatic rings. The number of halogens is 3. The van der Waals surface area contributed by atoms with E-state index in [4.69, 9.17) is 4.74 Å². The number of carbonyl (C=O) groups excluding carboxylic acids is 1. The fraction of sp³-hybridized carbons (Fsp3) is 0.429. The second kappa shape index (κ2) is 6.35. The molecule has 120 valence electrons. The van der Waals surface area contributed by atoms with E-state index in [9.17, 15) is 18.0 Å². The van der Waals surface area contributed by atoms with Gasteiger partial charge in [-0.3, -0.25) is 9.20 Å². The Morgan fingerprint density at radius 1 is 1.41 bits per heavy atom. The Morgan fingerprint density at radius 3 is 2.77 bits per heavy atom. The highest BCUT2D eigenvalue weighted by molar-refractivity contribution is 5.95. The molecule has 2 aromatic heterocycles. The van der Waals surface area contributed by atoms with Crippen LogP contribution in [0.2, 0.25) is 0 Å². The lowest BCUT2D eigenvalue weighted by Crippen LogP contribution is -2.28. The minimum absolute atomic E-state index is 0.0833. The number of hydrogen-bond donors (Lipinski definition) is 1. The van der Waals surface area contributed by atoms with Crippen molar-refractivity contribution in [3.8, 4) is 0 Å². The van der Waals surface area contributed by atoms with E-state index >= 15 is 0 Å². The minimum Gasteiger partial charge on any atom is -0.385 e. The van der Waals surface area contributed by atoms with Gasteiger partial charge in [-0.25, -0.2) is 4.98 Å². The average Bonchev–Trinajstić information content (AvgIpc) is 2.82. The van der Waals surface area contributed by atoms with Crippen molar-refractivity contribution >= 4 is 11.6 Å². The summed E-state index contributed by atoms with van der Waals surface area (Å²) in [6, 6.07) is 3.09. The summed E-state index contributed by atoms with van der Waals surface area (Å²) in [6.07, 6.45) is -2.72. The molecule has 2 aromatic rings. The van der Waals surface area contributed by atoms with Crippen molar-refractivity contribution < 1.29 is 22.7 Å². The Labute approximate surface area is 125 Å². The van der Waals surface area contributed by atoms with E-state index in [1.807, 2.05) is 0 Å². The summed E-state index contributed by atoms with van der Waals surface area (Å²) in [5.74, 6) is -0.804. The number of ether oxygens (including phenoxy) is 1. The van der Waals surface area contributed by atoms with Crippen molar-refractivity contribution in [3.05, 3.63) is 35.3 Å². The second-order valence-corrected chi connectivity index (χ2v) is 4.84. The molecule has 22 heavy (non-hydrogen) atoms. The molecule has 0 radical (unpaired) electrons. The van der Waals surface area contributed by atoms with Crippen LogP contribution in [-0.4, -0.2) is 35.6 Å². The summed E-state index contributed by atoms with van der Waals surface area (Å²) in [5.41, 5.74) is -0.863. The third-order valence-electron chi connectivity index (χ3n) is 3.06. The number of rotatable bonds is 5. The lowest BCUT2D eigenvalue weighted by molar-refractivity contribution is -0.141. The Bertz CT molecular complexity index is 680. The molecule has 0 saturated carbocycles. The molecule has 5 nitrogen and oxygen atoms in total. The highest BCUT2D eigenvalue weighted by Gasteiger charge is 2.40. The molecule has 8 heteroatoms. The number of nitrogens with zero attached hydrogens (tertiary/aromatic N) is 2. The van der Waals surface area contributed by atoms with Crippen LogP contribution in [0.25, 0.3) is 5.65 Å². The first kappa shape index (κ1) is 16.3. The third kappa shape index (κ3) is 3.38. The van der Waals surface area contributed by atoms with Gasteiger partial charge in [0.1, 0.15) is 11.3 Å². The normalized spacial score (nSPS) is 11.9. The van der Waals surface area contributed by atoms with E-state index in [0.717, 1.165) is 5.56 Å². The molecule has 0 saturated heterocycles. The van der Waals surface area contributed by atoms with E-state index in [1.54, 1.807) is 13.0 Å². The Hall–Kier alpha value is -2.09. The number of nitrogens with one attached hydrogen (secondary N) is 1. The number of amides is 1. The van der Waals surface area contributed by atoms with Crippen molar-refractivity contribution in [3.63, 3.8) is 0 Å². The number of imidazole rings is 1. The van der Waals surface area contributed by atoms with Crippen molar-refractivity contribution in [1.82, 2.24) is 14.7 Å². The summed E-state index contributed by atoms with van der Waals surface area (Å²) in [6.45, 7) is 2.37. The fourth-order valence-corrected chi connectivity index (χ4v) is 2.07. The number of methoxy groups -OCH3 is 1. The van der Waals surface area contributed by atoms with Crippen molar-refractivity contribution in [2.45, 2.75) is 19.5 Å². The third-order valence-corrected chi connectivity index (χ3v) is 3.06. The first-order valence-corrected chi connectivity index (χ1v) is 6.67. The zero-order chi connectivity index (χ0) is 16.3. The summed E-state index contributed by atoms with van der Waals surface area (Å²) < 4.78 is 45.3. The standard InChI is InChI=1S/C14H16F3N3O2/c1-9-4-5-10-19-12(14(15,16)17)11(20(10)8-9)13(21)18-6-3-7-22-2/h4-5,8H,3,6-7H2,1-2H3,(H,18,21). The SMILES string of the molecule is COCCCNC(=O)c1c(C(F)(F)F)nc2ccc(C)cn12. The highest BCUT2D eigenvalue weighted by Crippen LogP contribution is 2.32. The molecule has 2 rings (SSSR count). The zero-order valence-corrected chi connectivity index (χ0v) is 12.2. The van der Waals surface area contributed by atoms with Gasteiger partial charge in [-0.15, -0.1) is 0 Å². The first-order chi connectivity index (χ1) is 10.3. The van der Waals surface area contributed by atoms with Gasteiger partial charge >= 0.3 is 6.18 Å². The molecule has 0 spiro atoms. The number of hydrogen-bond acceptors (Lipinski definition) is 3. The molecule has 0 aliphatic heterocycles. The molecule has 0 bridgehead atoms. The number of alkyl halides is 3. The average molecular weight is 315 g/mol. The van der Waals surface area contributed by atoms with E-state index in [0.29, 0.717) is 13.0 Å². The maximum absolute atomic E-state index is 13.1. The lowest BCUT2D eigenvalue weighted by Gasteiger charge is -2.09. The number of pyridine rings is 1. The van der Waals surface area contributed by atoms with Gasteiger partial charge in [0.2, 0.25) is 0 Å². The second-order valence-electron chi connectivity index (χ2n) is 4.84. The smallest absolute Gasteiger partial charge is 0.385 e. The van der Waals surface area contributed by atoms with Crippen LogP contribution in [0.5, 0.6) is 0 Å². The molecule has 0 unspecified atom stereocenters. The van der Waals surface area contributed by atoms with E-state index in [-0.39, 0.29) is 12.2 Å². The topological polar surface area (TPSA) is 55.6 Å². The van der Waals surface area contributed by atoms with Crippen LogP contribution in [0.4, 0.5) is 13.2 Å². The summed E-state index contributed by atoms with van der Waals surface area (Å²) >= 11 is 0. The van der Waals surface area contributed by atoms with Crippen LogP contribution in [-0.2, 0) is 10.9 Å².